The Labute approximate surface area is 111 Å². The molecule has 106 valence electrons. The Morgan fingerprint density at radius 3 is 2.74 bits per heavy atom. The van der Waals surface area contributed by atoms with Crippen LogP contribution in [0.4, 0.5) is 0 Å². The van der Waals surface area contributed by atoms with Gasteiger partial charge >= 0.3 is 11.7 Å². The molecule has 2 heterocycles. The number of H-pyrrole nitrogens is 1. The second kappa shape index (κ2) is 6.03. The molecule has 2 rings (SSSR count). The van der Waals surface area contributed by atoms with Crippen LogP contribution in [0.3, 0.4) is 0 Å². The quantitative estimate of drug-likeness (QED) is 0.737. The minimum atomic E-state index is -0.505. The molecule has 19 heavy (non-hydrogen) atoms. The fourth-order valence-corrected chi connectivity index (χ4v) is 2.21. The lowest BCUT2D eigenvalue weighted by molar-refractivity contribution is 0.0381. The van der Waals surface area contributed by atoms with Crippen molar-refractivity contribution in [3.8, 4) is 0 Å². The van der Waals surface area contributed by atoms with Crippen LogP contribution in [0, 0.1) is 0 Å². The van der Waals surface area contributed by atoms with Gasteiger partial charge in [0.05, 0.1) is 26.0 Å². The first-order valence-corrected chi connectivity index (χ1v) is 6.29. The number of aromatic amines is 1. The molecular formula is C12H19N3O4. The molecule has 0 unspecified atom stereocenters. The van der Waals surface area contributed by atoms with E-state index in [9.17, 15) is 9.59 Å². The van der Waals surface area contributed by atoms with Crippen LogP contribution < -0.4 is 5.69 Å². The van der Waals surface area contributed by atoms with Gasteiger partial charge in [0.15, 0.2) is 0 Å². The summed E-state index contributed by atoms with van der Waals surface area (Å²) in [5.74, 6) is -0.505. The lowest BCUT2D eigenvalue weighted by Gasteiger charge is -2.26. The van der Waals surface area contributed by atoms with Gasteiger partial charge in [-0.25, -0.2) is 9.59 Å². The van der Waals surface area contributed by atoms with Crippen LogP contribution in [0.15, 0.2) is 4.79 Å². The summed E-state index contributed by atoms with van der Waals surface area (Å²) in [6, 6.07) is 0. The van der Waals surface area contributed by atoms with Crippen molar-refractivity contribution in [1.82, 2.24) is 14.5 Å². The molecule has 0 radical (unpaired) electrons. The van der Waals surface area contributed by atoms with E-state index in [1.807, 2.05) is 0 Å². The fraction of sp³-hybridized carbons (Fsp3) is 0.667. The Hall–Kier alpha value is -1.60. The number of morpholine rings is 1. The van der Waals surface area contributed by atoms with Crippen LogP contribution in [0.1, 0.15) is 16.2 Å². The molecule has 1 aliphatic heterocycles. The number of aromatic nitrogens is 2. The Bertz CT molecular complexity index is 500. The van der Waals surface area contributed by atoms with E-state index in [1.54, 1.807) is 7.05 Å². The van der Waals surface area contributed by atoms with E-state index in [-0.39, 0.29) is 11.4 Å². The third kappa shape index (κ3) is 3.05. The van der Waals surface area contributed by atoms with Gasteiger partial charge in [-0.2, -0.15) is 0 Å². The summed E-state index contributed by atoms with van der Waals surface area (Å²) in [6.45, 7) is 4.02. The van der Waals surface area contributed by atoms with E-state index < -0.39 is 5.97 Å². The zero-order chi connectivity index (χ0) is 13.8. The third-order valence-electron chi connectivity index (χ3n) is 3.39. The molecular weight excluding hydrogens is 250 g/mol. The molecule has 1 N–H and O–H groups in total. The molecule has 0 spiro atoms. The number of hydrogen-bond acceptors (Lipinski definition) is 5. The molecule has 0 aromatic carbocycles. The molecule has 0 saturated carbocycles. The second-order valence-electron chi connectivity index (χ2n) is 4.51. The highest BCUT2D eigenvalue weighted by Gasteiger charge is 2.19. The SMILES string of the molecule is COC(=O)c1[nH]c(=O)n(C)c1CCN1CCOCC1. The number of nitrogens with one attached hydrogen (secondary N) is 1. The molecule has 0 amide bonds. The van der Waals surface area contributed by atoms with Gasteiger partial charge in [0.2, 0.25) is 0 Å². The summed E-state index contributed by atoms with van der Waals surface area (Å²) in [4.78, 5) is 28.0. The van der Waals surface area contributed by atoms with Crippen LogP contribution in [0.25, 0.3) is 0 Å². The van der Waals surface area contributed by atoms with Crippen LogP contribution in [0.2, 0.25) is 0 Å². The van der Waals surface area contributed by atoms with Crippen LogP contribution in [0.5, 0.6) is 0 Å². The smallest absolute Gasteiger partial charge is 0.356 e. The van der Waals surface area contributed by atoms with Gasteiger partial charge in [-0.15, -0.1) is 0 Å². The van der Waals surface area contributed by atoms with Gasteiger partial charge in [0.1, 0.15) is 5.69 Å². The zero-order valence-corrected chi connectivity index (χ0v) is 11.3. The highest BCUT2D eigenvalue weighted by Crippen LogP contribution is 2.08. The highest BCUT2D eigenvalue weighted by molar-refractivity contribution is 5.88. The molecule has 1 aromatic rings. The number of esters is 1. The molecule has 1 aliphatic rings. The lowest BCUT2D eigenvalue weighted by Crippen LogP contribution is -2.37. The van der Waals surface area contributed by atoms with Gasteiger partial charge in [-0.05, 0) is 0 Å². The molecule has 0 atom stereocenters. The van der Waals surface area contributed by atoms with Crippen molar-refractivity contribution in [2.24, 2.45) is 7.05 Å². The Balaban J connectivity index is 2.10. The van der Waals surface area contributed by atoms with Gasteiger partial charge in [-0.1, -0.05) is 0 Å². The summed E-state index contributed by atoms with van der Waals surface area (Å²) in [7, 11) is 2.96. The van der Waals surface area contributed by atoms with Crippen LogP contribution in [-0.2, 0) is 22.9 Å². The Morgan fingerprint density at radius 2 is 2.11 bits per heavy atom. The normalized spacial score (nSPS) is 16.5. The average molecular weight is 269 g/mol. The maximum absolute atomic E-state index is 11.6. The minimum Gasteiger partial charge on any atom is -0.464 e. The monoisotopic (exact) mass is 269 g/mol. The first-order chi connectivity index (χ1) is 9.13. The maximum Gasteiger partial charge on any atom is 0.356 e. The molecule has 1 saturated heterocycles. The van der Waals surface area contributed by atoms with E-state index >= 15 is 0 Å². The van der Waals surface area contributed by atoms with Crippen molar-refractivity contribution in [2.45, 2.75) is 6.42 Å². The molecule has 7 nitrogen and oxygen atoms in total. The predicted molar refractivity (Wildman–Crippen MR) is 68.3 cm³/mol. The highest BCUT2D eigenvalue weighted by atomic mass is 16.5. The predicted octanol–water partition coefficient (Wildman–Crippen LogP) is -0.625. The van der Waals surface area contributed by atoms with Gasteiger partial charge in [-0.3, -0.25) is 14.5 Å². The number of methoxy groups -OCH3 is 1. The summed E-state index contributed by atoms with van der Waals surface area (Å²) < 4.78 is 11.4. The fourth-order valence-electron chi connectivity index (χ4n) is 2.21. The molecule has 7 heteroatoms. The van der Waals surface area contributed by atoms with Crippen molar-refractivity contribution < 1.29 is 14.3 Å². The van der Waals surface area contributed by atoms with Crippen molar-refractivity contribution >= 4 is 5.97 Å². The van der Waals surface area contributed by atoms with E-state index in [2.05, 4.69) is 14.6 Å². The van der Waals surface area contributed by atoms with E-state index in [1.165, 1.54) is 11.7 Å². The molecule has 0 aliphatic carbocycles. The van der Waals surface area contributed by atoms with Crippen LogP contribution >= 0.6 is 0 Å². The summed E-state index contributed by atoms with van der Waals surface area (Å²) in [6.07, 6.45) is 0.625. The lowest BCUT2D eigenvalue weighted by atomic mass is 10.2. The van der Waals surface area contributed by atoms with E-state index in [4.69, 9.17) is 4.74 Å². The second-order valence-corrected chi connectivity index (χ2v) is 4.51. The number of hydrogen-bond donors (Lipinski definition) is 1. The molecule has 0 bridgehead atoms. The Morgan fingerprint density at radius 1 is 1.42 bits per heavy atom. The minimum absolute atomic E-state index is 0.253. The van der Waals surface area contributed by atoms with Crippen molar-refractivity contribution in [2.75, 3.05) is 40.0 Å². The summed E-state index contributed by atoms with van der Waals surface area (Å²) in [5.41, 5.74) is 0.643. The Kier molecular flexibility index (Phi) is 4.39. The average Bonchev–Trinajstić information content (AvgIpc) is 2.73. The number of carbonyl (C=O) groups excluding carboxylic acids is 1. The summed E-state index contributed by atoms with van der Waals surface area (Å²) >= 11 is 0. The standard InChI is InChI=1S/C12H19N3O4/c1-14-9(3-4-15-5-7-19-8-6-15)10(11(16)18-2)13-12(14)17/h3-8H2,1-2H3,(H,13,17). The number of rotatable bonds is 4. The third-order valence-corrected chi connectivity index (χ3v) is 3.39. The number of ether oxygens (including phenoxy) is 2. The van der Waals surface area contributed by atoms with Crippen molar-refractivity contribution in [1.29, 1.82) is 0 Å². The first kappa shape index (κ1) is 13.8. The number of nitrogens with zero attached hydrogens (tertiary/aromatic N) is 2. The van der Waals surface area contributed by atoms with Crippen LogP contribution in [-0.4, -0.2) is 60.4 Å². The largest absolute Gasteiger partial charge is 0.464 e. The van der Waals surface area contributed by atoms with Crippen molar-refractivity contribution in [3.05, 3.63) is 21.9 Å². The molecule has 1 aromatic heterocycles. The van der Waals surface area contributed by atoms with Gasteiger partial charge in [0, 0.05) is 33.1 Å². The molecule has 1 fully saturated rings. The topological polar surface area (TPSA) is 76.6 Å². The van der Waals surface area contributed by atoms with E-state index in [0.29, 0.717) is 12.1 Å². The van der Waals surface area contributed by atoms with Gasteiger partial charge < -0.3 is 9.47 Å². The summed E-state index contributed by atoms with van der Waals surface area (Å²) in [5, 5.41) is 0. The van der Waals surface area contributed by atoms with Gasteiger partial charge in [0.25, 0.3) is 0 Å². The first-order valence-electron chi connectivity index (χ1n) is 6.29. The van der Waals surface area contributed by atoms with Crippen molar-refractivity contribution in [3.63, 3.8) is 0 Å². The number of carbonyl (C=O) groups is 1. The van der Waals surface area contributed by atoms with E-state index in [0.717, 1.165) is 32.8 Å². The zero-order valence-electron chi connectivity index (χ0n) is 11.3. The number of imidazole rings is 1. The maximum atomic E-state index is 11.6.